The van der Waals surface area contributed by atoms with Gasteiger partial charge in [0, 0.05) is 10.6 Å². The second-order valence-corrected chi connectivity index (χ2v) is 8.24. The number of thiophene rings is 1. The number of nitrogens with one attached hydrogen (secondary N) is 2. The Morgan fingerprint density at radius 3 is 2.58 bits per heavy atom. The summed E-state index contributed by atoms with van der Waals surface area (Å²) in [4.78, 5) is 4.17. The van der Waals surface area contributed by atoms with E-state index < -0.39 is 0 Å². The monoisotopic (exact) mass is 390 g/mol. The standard InChI is InChI=1S/C19H21ClN4OS/c1-14(18-21-22-19(25-18)17-3-2-12-26-17)24-10-8-23(9-11-24)13-15-4-6-16(20)7-5-15/h2-7,12,14H,8-11,13H2,1H3/p+2/t14-/m1/s1. The second-order valence-electron chi connectivity index (χ2n) is 6.86. The summed E-state index contributed by atoms with van der Waals surface area (Å²) in [6.07, 6.45) is 0. The topological polar surface area (TPSA) is 47.8 Å². The molecule has 7 heteroatoms. The van der Waals surface area contributed by atoms with Gasteiger partial charge in [-0.15, -0.1) is 21.5 Å². The van der Waals surface area contributed by atoms with Crippen molar-refractivity contribution < 1.29 is 14.2 Å². The van der Waals surface area contributed by atoms with E-state index in [1.807, 2.05) is 29.6 Å². The summed E-state index contributed by atoms with van der Waals surface area (Å²) in [5.74, 6) is 1.37. The summed E-state index contributed by atoms with van der Waals surface area (Å²) >= 11 is 7.60. The summed E-state index contributed by atoms with van der Waals surface area (Å²) in [5.41, 5.74) is 1.35. The Balaban J connectivity index is 1.33. The molecule has 0 amide bonds. The first kappa shape index (κ1) is 17.7. The van der Waals surface area contributed by atoms with E-state index in [1.165, 1.54) is 10.5 Å². The third-order valence-electron chi connectivity index (χ3n) is 5.12. The van der Waals surface area contributed by atoms with Crippen LogP contribution in [-0.2, 0) is 6.54 Å². The third kappa shape index (κ3) is 3.99. The van der Waals surface area contributed by atoms with Gasteiger partial charge in [-0.2, -0.15) is 0 Å². The predicted molar refractivity (Wildman–Crippen MR) is 103 cm³/mol. The van der Waals surface area contributed by atoms with Crippen LogP contribution in [0.25, 0.3) is 10.8 Å². The van der Waals surface area contributed by atoms with Crippen LogP contribution in [0, 0.1) is 0 Å². The molecule has 0 bridgehead atoms. The molecular formula is C19H23ClN4OS+2. The van der Waals surface area contributed by atoms with Crippen LogP contribution in [0.2, 0.25) is 5.02 Å². The van der Waals surface area contributed by atoms with Gasteiger partial charge in [-0.05, 0) is 30.5 Å². The number of hydrogen-bond acceptors (Lipinski definition) is 4. The van der Waals surface area contributed by atoms with Crippen molar-refractivity contribution in [2.24, 2.45) is 0 Å². The first-order valence-electron chi connectivity index (χ1n) is 8.99. The number of piperazine rings is 1. The number of quaternary nitrogens is 2. The summed E-state index contributed by atoms with van der Waals surface area (Å²) in [6, 6.07) is 12.4. The average molecular weight is 391 g/mol. The van der Waals surface area contributed by atoms with Gasteiger partial charge in [0.25, 0.3) is 11.8 Å². The Morgan fingerprint density at radius 2 is 1.88 bits per heavy atom. The van der Waals surface area contributed by atoms with E-state index in [-0.39, 0.29) is 6.04 Å². The van der Waals surface area contributed by atoms with E-state index in [9.17, 15) is 0 Å². The highest BCUT2D eigenvalue weighted by Crippen LogP contribution is 2.24. The van der Waals surface area contributed by atoms with Gasteiger partial charge in [-0.1, -0.05) is 29.8 Å². The molecule has 5 nitrogen and oxygen atoms in total. The molecular weight excluding hydrogens is 368 g/mol. The highest BCUT2D eigenvalue weighted by Gasteiger charge is 2.31. The molecule has 0 saturated carbocycles. The SMILES string of the molecule is C[C@H](c1nnc(-c2cccs2)o1)[NH+]1CC[NH+](Cc2ccc(Cl)cc2)CC1. The van der Waals surface area contributed by atoms with Crippen molar-refractivity contribution in [3.63, 3.8) is 0 Å². The third-order valence-corrected chi connectivity index (χ3v) is 6.23. The Hall–Kier alpha value is -1.73. The van der Waals surface area contributed by atoms with Crippen molar-refractivity contribution in [2.45, 2.75) is 19.5 Å². The largest absolute Gasteiger partial charge is 0.414 e. The van der Waals surface area contributed by atoms with Crippen molar-refractivity contribution in [3.05, 3.63) is 58.3 Å². The quantitative estimate of drug-likeness (QED) is 0.694. The van der Waals surface area contributed by atoms with Crippen LogP contribution in [0.15, 0.2) is 46.2 Å². The smallest absolute Gasteiger partial charge is 0.274 e. The fourth-order valence-electron chi connectivity index (χ4n) is 3.51. The molecule has 26 heavy (non-hydrogen) atoms. The zero-order valence-corrected chi connectivity index (χ0v) is 16.3. The van der Waals surface area contributed by atoms with Crippen molar-refractivity contribution in [2.75, 3.05) is 26.2 Å². The Kier molecular flexibility index (Phi) is 5.36. The number of aromatic nitrogens is 2. The minimum atomic E-state index is 0.230. The summed E-state index contributed by atoms with van der Waals surface area (Å²) in [5, 5.41) is 11.3. The lowest BCUT2D eigenvalue weighted by molar-refractivity contribution is -1.03. The van der Waals surface area contributed by atoms with Crippen LogP contribution in [-0.4, -0.2) is 36.4 Å². The highest BCUT2D eigenvalue weighted by molar-refractivity contribution is 7.13. The molecule has 0 spiro atoms. The molecule has 3 heterocycles. The summed E-state index contributed by atoms with van der Waals surface area (Å²) in [7, 11) is 0. The van der Waals surface area contributed by atoms with Crippen LogP contribution in [0.1, 0.15) is 24.4 Å². The van der Waals surface area contributed by atoms with Gasteiger partial charge < -0.3 is 14.2 Å². The molecule has 1 aromatic carbocycles. The maximum atomic E-state index is 5.97. The zero-order valence-electron chi connectivity index (χ0n) is 14.7. The molecule has 136 valence electrons. The van der Waals surface area contributed by atoms with Crippen molar-refractivity contribution in [3.8, 4) is 10.8 Å². The zero-order chi connectivity index (χ0) is 17.9. The fourth-order valence-corrected chi connectivity index (χ4v) is 4.28. The molecule has 2 N–H and O–H groups in total. The molecule has 1 atom stereocenters. The van der Waals surface area contributed by atoms with Crippen LogP contribution in [0.4, 0.5) is 0 Å². The van der Waals surface area contributed by atoms with Gasteiger partial charge in [0.05, 0.1) is 4.88 Å². The summed E-state index contributed by atoms with van der Waals surface area (Å²) < 4.78 is 5.92. The van der Waals surface area contributed by atoms with Crippen molar-refractivity contribution in [1.82, 2.24) is 10.2 Å². The van der Waals surface area contributed by atoms with Gasteiger partial charge >= 0.3 is 0 Å². The van der Waals surface area contributed by atoms with E-state index in [4.69, 9.17) is 16.0 Å². The van der Waals surface area contributed by atoms with E-state index in [1.54, 1.807) is 16.2 Å². The molecule has 3 aromatic rings. The minimum Gasteiger partial charge on any atom is -0.414 e. The number of halogens is 1. The molecule has 1 aliphatic rings. The average Bonchev–Trinajstić information content (AvgIpc) is 3.35. The van der Waals surface area contributed by atoms with Crippen molar-refractivity contribution >= 4 is 22.9 Å². The number of rotatable bonds is 5. The lowest BCUT2D eigenvalue weighted by Gasteiger charge is -2.32. The minimum absolute atomic E-state index is 0.230. The lowest BCUT2D eigenvalue weighted by atomic mass is 10.2. The van der Waals surface area contributed by atoms with E-state index in [0.717, 1.165) is 48.5 Å². The lowest BCUT2D eigenvalue weighted by Crippen LogP contribution is -3.27. The fraction of sp³-hybridized carbons (Fsp3) is 0.368. The Bertz CT molecular complexity index is 826. The van der Waals surface area contributed by atoms with Crippen LogP contribution in [0.5, 0.6) is 0 Å². The second kappa shape index (κ2) is 7.88. The normalized spacial score (nSPS) is 21.6. The number of hydrogen-bond donors (Lipinski definition) is 2. The van der Waals surface area contributed by atoms with Gasteiger partial charge in [0.2, 0.25) is 0 Å². The van der Waals surface area contributed by atoms with Crippen LogP contribution >= 0.6 is 22.9 Å². The van der Waals surface area contributed by atoms with Crippen LogP contribution in [0.3, 0.4) is 0 Å². The van der Waals surface area contributed by atoms with Gasteiger partial charge in [-0.25, -0.2) is 0 Å². The Morgan fingerprint density at radius 1 is 1.12 bits per heavy atom. The van der Waals surface area contributed by atoms with E-state index >= 15 is 0 Å². The van der Waals surface area contributed by atoms with Gasteiger partial charge in [-0.3, -0.25) is 0 Å². The molecule has 4 rings (SSSR count). The molecule has 0 unspecified atom stereocenters. The maximum absolute atomic E-state index is 5.97. The number of benzene rings is 1. The molecule has 1 saturated heterocycles. The first-order valence-corrected chi connectivity index (χ1v) is 10.2. The number of nitrogens with zero attached hydrogens (tertiary/aromatic N) is 2. The van der Waals surface area contributed by atoms with Crippen LogP contribution < -0.4 is 9.80 Å². The molecule has 2 aromatic heterocycles. The van der Waals surface area contributed by atoms with E-state index in [2.05, 4.69) is 29.3 Å². The molecule has 0 radical (unpaired) electrons. The van der Waals surface area contributed by atoms with E-state index in [0.29, 0.717) is 5.89 Å². The first-order chi connectivity index (χ1) is 12.7. The molecule has 1 fully saturated rings. The Labute approximate surface area is 162 Å². The predicted octanol–water partition coefficient (Wildman–Crippen LogP) is 1.50. The highest BCUT2D eigenvalue weighted by atomic mass is 35.5. The molecule has 0 aliphatic carbocycles. The molecule has 1 aliphatic heterocycles. The summed E-state index contributed by atoms with van der Waals surface area (Å²) in [6.45, 7) is 7.76. The van der Waals surface area contributed by atoms with Gasteiger partial charge in [0.1, 0.15) is 32.7 Å². The van der Waals surface area contributed by atoms with Gasteiger partial charge in [0.15, 0.2) is 6.04 Å². The maximum Gasteiger partial charge on any atom is 0.274 e. The van der Waals surface area contributed by atoms with Crippen molar-refractivity contribution in [1.29, 1.82) is 0 Å².